The van der Waals surface area contributed by atoms with E-state index in [-0.39, 0.29) is 5.25 Å². The molecule has 0 spiro atoms. The largest absolute Gasteiger partial charge is 0.373 e. The first-order valence-electron chi connectivity index (χ1n) is 5.77. The first kappa shape index (κ1) is 12.2. The Morgan fingerprint density at radius 2 is 2.00 bits per heavy atom. The highest BCUT2D eigenvalue weighted by Crippen LogP contribution is 2.26. The van der Waals surface area contributed by atoms with Crippen LogP contribution in [-0.4, -0.2) is 25.7 Å². The molecule has 2 rings (SSSR count). The molecule has 1 saturated carbocycles. The quantitative estimate of drug-likeness (QED) is 0.860. The Labute approximate surface area is 102 Å². The van der Waals surface area contributed by atoms with E-state index in [1.54, 1.807) is 19.2 Å². The molecule has 1 heterocycles. The lowest BCUT2D eigenvalue weighted by Crippen LogP contribution is -2.25. The maximum absolute atomic E-state index is 12.0. The van der Waals surface area contributed by atoms with Crippen molar-refractivity contribution in [2.24, 2.45) is 0 Å². The van der Waals surface area contributed by atoms with E-state index in [4.69, 9.17) is 0 Å². The second-order valence-electron chi connectivity index (χ2n) is 4.24. The number of nitrogens with one attached hydrogen (secondary N) is 2. The van der Waals surface area contributed by atoms with E-state index in [2.05, 4.69) is 15.0 Å². The number of rotatable bonds is 4. The van der Waals surface area contributed by atoms with Gasteiger partial charge in [0.1, 0.15) is 5.82 Å². The van der Waals surface area contributed by atoms with E-state index in [1.807, 2.05) is 0 Å². The van der Waals surface area contributed by atoms with Gasteiger partial charge in [0.15, 0.2) is 0 Å². The van der Waals surface area contributed by atoms with Crippen molar-refractivity contribution in [3.63, 3.8) is 0 Å². The maximum atomic E-state index is 12.0. The molecule has 0 unspecified atom stereocenters. The van der Waals surface area contributed by atoms with E-state index in [0.29, 0.717) is 11.5 Å². The molecule has 0 amide bonds. The topological polar surface area (TPSA) is 71.1 Å². The third-order valence-electron chi connectivity index (χ3n) is 3.02. The Kier molecular flexibility index (Phi) is 3.51. The minimum absolute atomic E-state index is 0.244. The Hall–Kier alpha value is -1.30. The summed E-state index contributed by atoms with van der Waals surface area (Å²) in [5.41, 5.74) is 0.524. The zero-order valence-electron chi connectivity index (χ0n) is 9.81. The molecule has 0 saturated heterocycles. The second-order valence-corrected chi connectivity index (χ2v) is 6.20. The third kappa shape index (κ3) is 2.88. The fourth-order valence-corrected chi connectivity index (χ4v) is 3.62. The van der Waals surface area contributed by atoms with Crippen LogP contribution in [0.2, 0.25) is 0 Å². The number of sulfonamides is 1. The van der Waals surface area contributed by atoms with E-state index in [0.717, 1.165) is 25.7 Å². The van der Waals surface area contributed by atoms with Gasteiger partial charge < -0.3 is 5.32 Å². The first-order valence-corrected chi connectivity index (χ1v) is 7.32. The van der Waals surface area contributed by atoms with Gasteiger partial charge in [-0.25, -0.2) is 13.4 Å². The predicted octanol–water partition coefficient (Wildman–Crippen LogP) is 1.81. The van der Waals surface area contributed by atoms with Crippen LogP contribution in [0.1, 0.15) is 25.7 Å². The van der Waals surface area contributed by atoms with Crippen LogP contribution < -0.4 is 10.0 Å². The first-order chi connectivity index (χ1) is 8.12. The standard InChI is InChI=1S/C11H17N3O2S/c1-12-11-7-6-9(8-13-11)14-17(15,16)10-4-2-3-5-10/h6-8,10,14H,2-5H2,1H3,(H,12,13). The van der Waals surface area contributed by atoms with Gasteiger partial charge >= 0.3 is 0 Å². The summed E-state index contributed by atoms with van der Waals surface area (Å²) in [6, 6.07) is 3.46. The molecule has 0 aliphatic heterocycles. The van der Waals surface area contributed by atoms with Gasteiger partial charge in [-0.3, -0.25) is 4.72 Å². The van der Waals surface area contributed by atoms with Crippen LogP contribution in [0.25, 0.3) is 0 Å². The molecule has 2 N–H and O–H groups in total. The van der Waals surface area contributed by atoms with Crippen molar-refractivity contribution in [1.29, 1.82) is 0 Å². The Morgan fingerprint density at radius 3 is 2.53 bits per heavy atom. The highest BCUT2D eigenvalue weighted by Gasteiger charge is 2.28. The molecule has 17 heavy (non-hydrogen) atoms. The van der Waals surface area contributed by atoms with Gasteiger partial charge in [-0.1, -0.05) is 12.8 Å². The van der Waals surface area contributed by atoms with Crippen LogP contribution in [0.3, 0.4) is 0 Å². The normalized spacial score (nSPS) is 17.0. The van der Waals surface area contributed by atoms with Gasteiger partial charge in [0.2, 0.25) is 10.0 Å². The zero-order chi connectivity index (χ0) is 12.3. The Bertz CT molecular complexity index is 464. The van der Waals surface area contributed by atoms with E-state index >= 15 is 0 Å². The van der Waals surface area contributed by atoms with Gasteiger partial charge in [-0.05, 0) is 25.0 Å². The number of pyridine rings is 1. The second kappa shape index (κ2) is 4.91. The molecule has 94 valence electrons. The molecule has 1 aromatic heterocycles. The van der Waals surface area contributed by atoms with Crippen LogP contribution in [0.15, 0.2) is 18.3 Å². The van der Waals surface area contributed by atoms with Gasteiger partial charge in [0.25, 0.3) is 0 Å². The summed E-state index contributed by atoms with van der Waals surface area (Å²) in [4.78, 5) is 4.07. The zero-order valence-corrected chi connectivity index (χ0v) is 10.6. The molecule has 0 atom stereocenters. The van der Waals surface area contributed by atoms with Gasteiger partial charge in [0.05, 0.1) is 17.1 Å². The third-order valence-corrected chi connectivity index (χ3v) is 4.89. The van der Waals surface area contributed by atoms with Crippen molar-refractivity contribution in [2.45, 2.75) is 30.9 Å². The average molecular weight is 255 g/mol. The lowest BCUT2D eigenvalue weighted by molar-refractivity contribution is 0.585. The fourth-order valence-electron chi connectivity index (χ4n) is 2.05. The summed E-state index contributed by atoms with van der Waals surface area (Å²) < 4.78 is 26.6. The van der Waals surface area contributed by atoms with Gasteiger partial charge in [-0.2, -0.15) is 0 Å². The highest BCUT2D eigenvalue weighted by atomic mass is 32.2. The smallest absolute Gasteiger partial charge is 0.235 e. The molecule has 1 aliphatic carbocycles. The number of nitrogens with zero attached hydrogens (tertiary/aromatic N) is 1. The van der Waals surface area contributed by atoms with Crippen molar-refractivity contribution in [3.8, 4) is 0 Å². The average Bonchev–Trinajstić information content (AvgIpc) is 2.84. The summed E-state index contributed by atoms with van der Waals surface area (Å²) >= 11 is 0. The summed E-state index contributed by atoms with van der Waals surface area (Å²) in [6.07, 6.45) is 5.05. The minimum atomic E-state index is -3.24. The maximum Gasteiger partial charge on any atom is 0.235 e. The number of anilines is 2. The molecule has 0 bridgehead atoms. The number of aromatic nitrogens is 1. The SMILES string of the molecule is CNc1ccc(NS(=O)(=O)C2CCCC2)cn1. The predicted molar refractivity (Wildman–Crippen MR) is 68.6 cm³/mol. The van der Waals surface area contributed by atoms with Crippen molar-refractivity contribution in [3.05, 3.63) is 18.3 Å². The van der Waals surface area contributed by atoms with Crippen molar-refractivity contribution in [2.75, 3.05) is 17.1 Å². The molecule has 0 radical (unpaired) electrons. The lowest BCUT2D eigenvalue weighted by Gasteiger charge is -2.13. The Morgan fingerprint density at radius 1 is 1.29 bits per heavy atom. The summed E-state index contributed by atoms with van der Waals surface area (Å²) in [6.45, 7) is 0. The molecule has 5 nitrogen and oxygen atoms in total. The van der Waals surface area contributed by atoms with Crippen molar-refractivity contribution in [1.82, 2.24) is 4.98 Å². The number of hydrogen-bond donors (Lipinski definition) is 2. The van der Waals surface area contributed by atoms with Gasteiger partial charge in [0, 0.05) is 7.05 Å². The van der Waals surface area contributed by atoms with E-state index < -0.39 is 10.0 Å². The van der Waals surface area contributed by atoms with Crippen LogP contribution in [0, 0.1) is 0 Å². The van der Waals surface area contributed by atoms with Crippen LogP contribution in [0.4, 0.5) is 11.5 Å². The molecule has 1 aromatic rings. The molecular weight excluding hydrogens is 238 g/mol. The van der Waals surface area contributed by atoms with Crippen LogP contribution in [0.5, 0.6) is 0 Å². The lowest BCUT2D eigenvalue weighted by atomic mass is 10.4. The van der Waals surface area contributed by atoms with Crippen LogP contribution >= 0.6 is 0 Å². The molecule has 0 aromatic carbocycles. The highest BCUT2D eigenvalue weighted by molar-refractivity contribution is 7.93. The summed E-state index contributed by atoms with van der Waals surface area (Å²) in [5.74, 6) is 0.716. The van der Waals surface area contributed by atoms with Crippen molar-refractivity contribution >= 4 is 21.5 Å². The molecule has 1 fully saturated rings. The molecule has 1 aliphatic rings. The monoisotopic (exact) mass is 255 g/mol. The van der Waals surface area contributed by atoms with E-state index in [9.17, 15) is 8.42 Å². The van der Waals surface area contributed by atoms with E-state index in [1.165, 1.54) is 6.20 Å². The molecular formula is C11H17N3O2S. The molecule has 6 heteroatoms. The fraction of sp³-hybridized carbons (Fsp3) is 0.545. The van der Waals surface area contributed by atoms with Crippen molar-refractivity contribution < 1.29 is 8.42 Å². The Balaban J connectivity index is 2.08. The minimum Gasteiger partial charge on any atom is -0.373 e. The number of hydrogen-bond acceptors (Lipinski definition) is 4. The summed E-state index contributed by atoms with van der Waals surface area (Å²) in [7, 11) is -1.47. The summed E-state index contributed by atoms with van der Waals surface area (Å²) in [5, 5.41) is 2.64. The van der Waals surface area contributed by atoms with Gasteiger partial charge in [-0.15, -0.1) is 0 Å². The van der Waals surface area contributed by atoms with Crippen LogP contribution in [-0.2, 0) is 10.0 Å².